The summed E-state index contributed by atoms with van der Waals surface area (Å²) in [6, 6.07) is 14.2. The van der Waals surface area contributed by atoms with Crippen LogP contribution < -0.4 is 10.2 Å². The van der Waals surface area contributed by atoms with Gasteiger partial charge in [-0.05, 0) is 42.5 Å². The smallest absolute Gasteiger partial charge is 0.411 e. The highest BCUT2D eigenvalue weighted by atomic mass is 32.2. The molecule has 1 aliphatic rings. The summed E-state index contributed by atoms with van der Waals surface area (Å²) >= 11 is 1.63. The highest BCUT2D eigenvalue weighted by molar-refractivity contribution is 7.99. The summed E-state index contributed by atoms with van der Waals surface area (Å²) in [6.07, 6.45) is -1.15. The summed E-state index contributed by atoms with van der Waals surface area (Å²) < 4.78 is 0. The number of amides is 2. The second-order valence-corrected chi connectivity index (χ2v) is 7.93. The Balaban J connectivity index is 1.42. The number of piperazine rings is 1. The molecule has 9 heteroatoms. The van der Waals surface area contributed by atoms with Crippen LogP contribution in [0.5, 0.6) is 0 Å². The van der Waals surface area contributed by atoms with Gasteiger partial charge in [0.2, 0.25) is 11.9 Å². The first-order valence-corrected chi connectivity index (χ1v) is 10.1. The molecule has 4 rings (SSSR count). The molecule has 1 aromatic heterocycles. The van der Waals surface area contributed by atoms with Gasteiger partial charge in [0.1, 0.15) is 0 Å². The van der Waals surface area contributed by atoms with E-state index in [1.54, 1.807) is 18.7 Å². The Morgan fingerprint density at radius 1 is 1.07 bits per heavy atom. The van der Waals surface area contributed by atoms with Gasteiger partial charge in [-0.2, -0.15) is 0 Å². The molecule has 0 unspecified atom stereocenters. The van der Waals surface area contributed by atoms with Crippen molar-refractivity contribution >= 4 is 46.4 Å². The van der Waals surface area contributed by atoms with Crippen molar-refractivity contribution in [2.75, 3.05) is 36.4 Å². The molecule has 0 atom stereocenters. The van der Waals surface area contributed by atoms with Crippen LogP contribution in [0.2, 0.25) is 0 Å². The van der Waals surface area contributed by atoms with Gasteiger partial charge in [0.25, 0.3) is 0 Å². The number of hydrogen-bond acceptors (Lipinski definition) is 5. The Kier molecular flexibility index (Phi) is 5.30. The number of aromatic amines is 1. The molecule has 3 aromatic rings. The van der Waals surface area contributed by atoms with Crippen molar-refractivity contribution in [3.63, 3.8) is 0 Å². The van der Waals surface area contributed by atoms with E-state index in [-0.39, 0.29) is 11.9 Å². The van der Waals surface area contributed by atoms with E-state index in [1.807, 2.05) is 23.1 Å². The molecule has 2 heterocycles. The second-order valence-electron chi connectivity index (χ2n) is 6.78. The third kappa shape index (κ3) is 4.45. The van der Waals surface area contributed by atoms with E-state index in [1.165, 1.54) is 0 Å². The van der Waals surface area contributed by atoms with Crippen LogP contribution in [0.15, 0.2) is 52.3 Å². The average Bonchev–Trinajstić information content (AvgIpc) is 3.09. The van der Waals surface area contributed by atoms with Crippen molar-refractivity contribution in [3.05, 3.63) is 42.5 Å². The lowest BCUT2D eigenvalue weighted by atomic mass is 10.2. The zero-order chi connectivity index (χ0) is 20.4. The lowest BCUT2D eigenvalue weighted by molar-refractivity contribution is -0.129. The summed E-state index contributed by atoms with van der Waals surface area (Å²) in [6.45, 7) is 4.82. The fourth-order valence-electron chi connectivity index (χ4n) is 3.35. The van der Waals surface area contributed by atoms with E-state index in [9.17, 15) is 9.59 Å². The number of fused-ring (bicyclic) bond motifs is 1. The molecule has 1 fully saturated rings. The van der Waals surface area contributed by atoms with Crippen LogP contribution in [0.3, 0.4) is 0 Å². The predicted molar refractivity (Wildman–Crippen MR) is 113 cm³/mol. The molecule has 0 spiro atoms. The Morgan fingerprint density at radius 2 is 1.76 bits per heavy atom. The number of carbonyl (C=O) groups excluding carboxylic acids is 1. The SMILES string of the molecule is CC(=O)N1CCN(c2ccc(Sc3ccc4nc(NC(=O)O)[nH]c4c3)cc2)CC1. The van der Waals surface area contributed by atoms with Gasteiger partial charge in [-0.1, -0.05) is 11.8 Å². The van der Waals surface area contributed by atoms with Crippen LogP contribution in [0, 0.1) is 0 Å². The van der Waals surface area contributed by atoms with Crippen LogP contribution in [0.4, 0.5) is 16.4 Å². The lowest BCUT2D eigenvalue weighted by Crippen LogP contribution is -2.48. The first-order valence-electron chi connectivity index (χ1n) is 9.26. The minimum absolute atomic E-state index is 0.136. The number of imidazole rings is 1. The van der Waals surface area contributed by atoms with Crippen molar-refractivity contribution in [1.29, 1.82) is 0 Å². The molecule has 1 aliphatic heterocycles. The molecule has 29 heavy (non-hydrogen) atoms. The number of rotatable bonds is 4. The zero-order valence-corrected chi connectivity index (χ0v) is 16.7. The van der Waals surface area contributed by atoms with Gasteiger partial charge in [0, 0.05) is 48.6 Å². The van der Waals surface area contributed by atoms with Crippen LogP contribution >= 0.6 is 11.8 Å². The van der Waals surface area contributed by atoms with Gasteiger partial charge in [-0.25, -0.2) is 9.78 Å². The number of nitrogens with zero attached hydrogens (tertiary/aromatic N) is 3. The molecule has 0 bridgehead atoms. The molecule has 8 nitrogen and oxygen atoms in total. The molecule has 0 radical (unpaired) electrons. The number of carbonyl (C=O) groups is 2. The maximum absolute atomic E-state index is 11.5. The summed E-state index contributed by atoms with van der Waals surface area (Å²) in [7, 11) is 0. The summed E-state index contributed by atoms with van der Waals surface area (Å²) in [4.78, 5) is 35.7. The topological polar surface area (TPSA) is 102 Å². The standard InChI is InChI=1S/C20H21N5O3S/c1-13(26)24-8-10-25(11-9-24)14-2-4-15(5-3-14)29-16-6-7-17-18(12-16)22-19(21-17)23-20(27)28/h2-7,12H,8-11H2,1H3,(H,27,28)(H2,21,22,23). The monoisotopic (exact) mass is 411 g/mol. The minimum atomic E-state index is -1.15. The number of hydrogen-bond donors (Lipinski definition) is 3. The zero-order valence-electron chi connectivity index (χ0n) is 15.9. The third-order valence-electron chi connectivity index (χ3n) is 4.84. The Bertz CT molecular complexity index is 1040. The molecular weight excluding hydrogens is 390 g/mol. The molecule has 1 saturated heterocycles. The average molecular weight is 411 g/mol. The molecule has 150 valence electrons. The summed E-state index contributed by atoms with van der Waals surface area (Å²) in [5, 5.41) is 11.0. The number of anilines is 2. The van der Waals surface area contributed by atoms with E-state index >= 15 is 0 Å². The van der Waals surface area contributed by atoms with Crippen LogP contribution in [0.25, 0.3) is 11.0 Å². The van der Waals surface area contributed by atoms with E-state index in [0.29, 0.717) is 5.52 Å². The predicted octanol–water partition coefficient (Wildman–Crippen LogP) is 3.47. The second kappa shape index (κ2) is 8.04. The van der Waals surface area contributed by atoms with Gasteiger partial charge in [-0.15, -0.1) is 0 Å². The Hall–Kier alpha value is -3.20. The lowest BCUT2D eigenvalue weighted by Gasteiger charge is -2.35. The Labute approximate surface area is 171 Å². The maximum atomic E-state index is 11.5. The van der Waals surface area contributed by atoms with Gasteiger partial charge < -0.3 is 19.9 Å². The fraction of sp³-hybridized carbons (Fsp3) is 0.250. The highest BCUT2D eigenvalue weighted by Gasteiger charge is 2.18. The van der Waals surface area contributed by atoms with Crippen LogP contribution in [-0.4, -0.2) is 58.2 Å². The van der Waals surface area contributed by atoms with Crippen molar-refractivity contribution in [2.24, 2.45) is 0 Å². The van der Waals surface area contributed by atoms with Crippen LogP contribution in [-0.2, 0) is 4.79 Å². The van der Waals surface area contributed by atoms with E-state index < -0.39 is 6.09 Å². The van der Waals surface area contributed by atoms with Crippen molar-refractivity contribution < 1.29 is 14.7 Å². The molecular formula is C20H21N5O3S. The van der Waals surface area contributed by atoms with Crippen molar-refractivity contribution in [2.45, 2.75) is 16.7 Å². The number of benzene rings is 2. The van der Waals surface area contributed by atoms with Gasteiger partial charge in [0.05, 0.1) is 11.0 Å². The maximum Gasteiger partial charge on any atom is 0.411 e. The molecule has 2 amide bonds. The van der Waals surface area contributed by atoms with Gasteiger partial charge >= 0.3 is 6.09 Å². The highest BCUT2D eigenvalue weighted by Crippen LogP contribution is 2.31. The number of aromatic nitrogens is 2. The third-order valence-corrected chi connectivity index (χ3v) is 5.84. The summed E-state index contributed by atoms with van der Waals surface area (Å²) in [5.41, 5.74) is 2.64. The van der Waals surface area contributed by atoms with E-state index in [4.69, 9.17) is 5.11 Å². The number of H-pyrrole nitrogens is 1. The van der Waals surface area contributed by atoms with Crippen molar-refractivity contribution in [3.8, 4) is 0 Å². The van der Waals surface area contributed by atoms with Crippen molar-refractivity contribution in [1.82, 2.24) is 14.9 Å². The number of nitrogens with one attached hydrogen (secondary N) is 2. The molecule has 2 aromatic carbocycles. The van der Waals surface area contributed by atoms with E-state index in [2.05, 4.69) is 44.5 Å². The van der Waals surface area contributed by atoms with Gasteiger partial charge in [-0.3, -0.25) is 10.1 Å². The normalized spacial score (nSPS) is 14.2. The molecule has 0 saturated carbocycles. The molecule has 0 aliphatic carbocycles. The fourth-order valence-corrected chi connectivity index (χ4v) is 4.21. The summed E-state index contributed by atoms with van der Waals surface area (Å²) in [5.74, 6) is 0.348. The largest absolute Gasteiger partial charge is 0.465 e. The minimum Gasteiger partial charge on any atom is -0.465 e. The van der Waals surface area contributed by atoms with Crippen LogP contribution in [0.1, 0.15) is 6.92 Å². The van der Waals surface area contributed by atoms with E-state index in [0.717, 1.165) is 47.2 Å². The first kappa shape index (κ1) is 19.1. The Morgan fingerprint density at radius 3 is 2.41 bits per heavy atom. The quantitative estimate of drug-likeness (QED) is 0.608. The molecule has 3 N–H and O–H groups in total. The number of carboxylic acid groups (broad SMARTS) is 1. The van der Waals surface area contributed by atoms with Gasteiger partial charge in [0.15, 0.2) is 0 Å². The first-order chi connectivity index (χ1) is 14.0.